The zero-order valence-electron chi connectivity index (χ0n) is 14.1. The number of hydrogen-bond acceptors (Lipinski definition) is 1. The maximum atomic E-state index is 6.53. The van der Waals surface area contributed by atoms with Crippen LogP contribution in [0.15, 0.2) is 60.7 Å². The zero-order chi connectivity index (χ0) is 16.2. The fraction of sp³-hybridized carbons (Fsp3) is 0.368. The van der Waals surface area contributed by atoms with Crippen LogP contribution in [0.25, 0.3) is 0 Å². The molecule has 118 valence electrons. The van der Waals surface area contributed by atoms with Gasteiger partial charge in [-0.2, -0.15) is 0 Å². The number of benzene rings is 2. The van der Waals surface area contributed by atoms with Crippen molar-refractivity contribution in [2.45, 2.75) is 38.3 Å². The van der Waals surface area contributed by atoms with Gasteiger partial charge in [0.1, 0.15) is 0 Å². The van der Waals surface area contributed by atoms with Crippen molar-refractivity contribution in [1.29, 1.82) is 0 Å². The van der Waals surface area contributed by atoms with Crippen LogP contribution in [0.1, 0.15) is 19.8 Å². The first-order valence-electron chi connectivity index (χ1n) is 8.11. The van der Waals surface area contributed by atoms with Gasteiger partial charge < -0.3 is 0 Å². The Labute approximate surface area is 145 Å². The predicted octanol–water partition coefficient (Wildman–Crippen LogP) is 5.16. The summed E-state index contributed by atoms with van der Waals surface area (Å²) in [5.74, 6) is 0. The van der Waals surface area contributed by atoms with Crippen molar-refractivity contribution in [3.05, 3.63) is 60.7 Å². The molecule has 0 saturated carbocycles. The Morgan fingerprint density at radius 2 is 1.27 bits per heavy atom. The third-order valence-electron chi connectivity index (χ3n) is 4.28. The van der Waals surface area contributed by atoms with Crippen LogP contribution >= 0.6 is 6.04 Å². The monoisotopic (exact) mass is 438 g/mol. The van der Waals surface area contributed by atoms with E-state index in [1.165, 1.54) is 23.5 Å². The van der Waals surface area contributed by atoms with Gasteiger partial charge >= 0.3 is 146 Å². The molecule has 0 heterocycles. The van der Waals surface area contributed by atoms with Gasteiger partial charge in [-0.25, -0.2) is 0 Å². The van der Waals surface area contributed by atoms with E-state index in [0.29, 0.717) is 0 Å². The Kier molecular flexibility index (Phi) is 6.33. The topological polar surface area (TPSA) is 0 Å². The summed E-state index contributed by atoms with van der Waals surface area (Å²) in [4.78, 5) is 7.67. The Morgan fingerprint density at radius 3 is 1.59 bits per heavy atom. The van der Waals surface area contributed by atoms with E-state index in [9.17, 15) is 0 Å². The Balaban J connectivity index is 2.68. The summed E-state index contributed by atoms with van der Waals surface area (Å²) in [7, 11) is 0. The van der Waals surface area contributed by atoms with Crippen LogP contribution in [0.2, 0.25) is 14.8 Å². The average Bonchev–Trinajstić information content (AvgIpc) is 2.52. The van der Waals surface area contributed by atoms with Crippen LogP contribution in [0.3, 0.4) is 0 Å². The van der Waals surface area contributed by atoms with Crippen LogP contribution in [-0.4, -0.2) is 22.1 Å². The summed E-state index contributed by atoms with van der Waals surface area (Å²) >= 11 is 4.37. The van der Waals surface area contributed by atoms with Crippen LogP contribution in [0.4, 0.5) is 0 Å². The second-order valence-electron chi connectivity index (χ2n) is 7.00. The zero-order valence-corrected chi connectivity index (χ0v) is 18.7. The molecule has 0 radical (unpaired) electrons. The standard InChI is InChI=1S/C16H18PS.3CH3.Sn/c1-2-3-14-17(18,15-10-6-4-7-11-15)16-12-8-5-9-13-16;;;;/h4-14H,2-3H2,1H3;3*1H3;. The molecule has 2 aromatic rings. The predicted molar refractivity (Wildman–Crippen MR) is 108 cm³/mol. The van der Waals surface area contributed by atoms with Crippen molar-refractivity contribution >= 4 is 46.8 Å². The van der Waals surface area contributed by atoms with Crippen LogP contribution < -0.4 is 10.6 Å². The van der Waals surface area contributed by atoms with Crippen molar-refractivity contribution in [3.8, 4) is 0 Å². The van der Waals surface area contributed by atoms with Gasteiger partial charge in [0.2, 0.25) is 0 Å². The molecule has 0 aliphatic heterocycles. The molecule has 2 aromatic carbocycles. The van der Waals surface area contributed by atoms with Crippen LogP contribution in [0, 0.1) is 0 Å². The molecule has 1 unspecified atom stereocenters. The van der Waals surface area contributed by atoms with E-state index in [1.807, 2.05) is 0 Å². The van der Waals surface area contributed by atoms with Crippen molar-refractivity contribution in [1.82, 2.24) is 0 Å². The van der Waals surface area contributed by atoms with Gasteiger partial charge in [-0.05, 0) is 0 Å². The molecule has 2 rings (SSSR count). The first kappa shape index (κ1) is 18.2. The molecule has 0 bridgehead atoms. The molecule has 0 spiro atoms. The molecular weight excluding hydrogens is 410 g/mol. The minimum atomic E-state index is -2.17. The van der Waals surface area contributed by atoms with Gasteiger partial charge in [-0.3, -0.25) is 0 Å². The fourth-order valence-corrected chi connectivity index (χ4v) is 29.8. The van der Waals surface area contributed by atoms with Crippen molar-refractivity contribution in [2.24, 2.45) is 0 Å². The normalized spacial score (nSPS) is 13.8. The van der Waals surface area contributed by atoms with E-state index < -0.39 is 24.4 Å². The molecule has 3 heteroatoms. The quantitative estimate of drug-likeness (QED) is 0.445. The summed E-state index contributed by atoms with van der Waals surface area (Å²) in [5, 5.41) is 2.81. The van der Waals surface area contributed by atoms with E-state index >= 15 is 0 Å². The SMILES string of the molecule is CCC[CH](P(=S)(c1ccccc1)c1ccccc1)[Sn]([CH3])([CH3])[CH3]. The Bertz CT molecular complexity index is 588. The third kappa shape index (κ3) is 3.86. The molecular formula is C19H27PSSn. The van der Waals surface area contributed by atoms with Crippen molar-refractivity contribution in [2.75, 3.05) is 0 Å². The summed E-state index contributed by atoms with van der Waals surface area (Å²) in [6.07, 6.45) is 2.51. The summed E-state index contributed by atoms with van der Waals surface area (Å²) in [5.41, 5.74) is 0. The van der Waals surface area contributed by atoms with Gasteiger partial charge in [0.25, 0.3) is 0 Å². The minimum absolute atomic E-state index is 0.728. The molecule has 0 fully saturated rings. The van der Waals surface area contributed by atoms with E-state index in [1.54, 1.807) is 0 Å². The molecule has 22 heavy (non-hydrogen) atoms. The molecule has 0 nitrogen and oxygen atoms in total. The van der Waals surface area contributed by atoms with Gasteiger partial charge in [0, 0.05) is 0 Å². The first-order valence-corrected chi connectivity index (χ1v) is 21.2. The first-order chi connectivity index (χ1) is 10.4. The Hall–Kier alpha value is -0.111. The van der Waals surface area contributed by atoms with E-state index in [0.717, 1.165) is 3.67 Å². The molecule has 0 aliphatic rings. The average molecular weight is 437 g/mol. The molecule has 1 atom stereocenters. The second kappa shape index (κ2) is 7.64. The Morgan fingerprint density at radius 1 is 0.864 bits per heavy atom. The summed E-state index contributed by atoms with van der Waals surface area (Å²) in [6, 6.07) is 20.2. The number of rotatable bonds is 6. The summed E-state index contributed by atoms with van der Waals surface area (Å²) in [6.45, 7) is 2.31. The molecule has 0 aromatic heterocycles. The van der Waals surface area contributed by atoms with Gasteiger partial charge in [-0.15, -0.1) is 0 Å². The van der Waals surface area contributed by atoms with Crippen LogP contribution in [-0.2, 0) is 11.8 Å². The fourth-order valence-electron chi connectivity index (χ4n) is 3.24. The van der Waals surface area contributed by atoms with Gasteiger partial charge in [-0.1, -0.05) is 0 Å². The van der Waals surface area contributed by atoms with Crippen LogP contribution in [0.5, 0.6) is 0 Å². The molecule has 0 aliphatic carbocycles. The third-order valence-corrected chi connectivity index (χ3v) is 26.2. The number of hydrogen-bond donors (Lipinski definition) is 0. The van der Waals surface area contributed by atoms with E-state index in [-0.39, 0.29) is 0 Å². The van der Waals surface area contributed by atoms with E-state index in [2.05, 4.69) is 82.4 Å². The molecule has 0 amide bonds. The van der Waals surface area contributed by atoms with Gasteiger partial charge in [0.15, 0.2) is 0 Å². The van der Waals surface area contributed by atoms with E-state index in [4.69, 9.17) is 11.8 Å². The van der Waals surface area contributed by atoms with Gasteiger partial charge in [0.05, 0.1) is 0 Å². The second-order valence-corrected chi connectivity index (χ2v) is 28.6. The molecule has 0 N–H and O–H groups in total. The summed E-state index contributed by atoms with van der Waals surface area (Å²) < 4.78 is 0.728. The molecule has 0 saturated heterocycles. The van der Waals surface area contributed by atoms with Crippen molar-refractivity contribution in [3.63, 3.8) is 0 Å². The van der Waals surface area contributed by atoms with Crippen molar-refractivity contribution < 1.29 is 0 Å². The maximum absolute atomic E-state index is 6.53.